The number of halogens is 1. The van der Waals surface area contributed by atoms with E-state index in [0.717, 1.165) is 19.6 Å². The first-order valence-electron chi connectivity index (χ1n) is 5.50. The maximum atomic E-state index is 13.4. The van der Waals surface area contributed by atoms with Crippen molar-refractivity contribution >= 4 is 0 Å². The van der Waals surface area contributed by atoms with Gasteiger partial charge in [-0.25, -0.2) is 4.39 Å². The minimum Gasteiger partial charge on any atom is -0.323 e. The number of nitrogens with zero attached hydrogens (tertiary/aromatic N) is 1. The van der Waals surface area contributed by atoms with E-state index in [2.05, 4.69) is 4.90 Å². The molecule has 1 aliphatic heterocycles. The van der Waals surface area contributed by atoms with Crippen molar-refractivity contribution in [2.24, 2.45) is 5.73 Å². The Morgan fingerprint density at radius 2 is 1.93 bits per heavy atom. The van der Waals surface area contributed by atoms with E-state index >= 15 is 0 Å². The van der Waals surface area contributed by atoms with Crippen molar-refractivity contribution < 1.29 is 4.39 Å². The van der Waals surface area contributed by atoms with Gasteiger partial charge < -0.3 is 10.6 Å². The Bertz CT molecular complexity index is 321. The van der Waals surface area contributed by atoms with Crippen LogP contribution in [0.5, 0.6) is 0 Å². The number of nitrogens with two attached hydrogens (primary N) is 1. The molecule has 1 aliphatic rings. The number of rotatable bonds is 3. The molecule has 1 aromatic carbocycles. The molecule has 82 valence electrons. The van der Waals surface area contributed by atoms with E-state index in [4.69, 9.17) is 5.73 Å². The van der Waals surface area contributed by atoms with Crippen molar-refractivity contribution in [1.82, 2.24) is 4.90 Å². The minimum absolute atomic E-state index is 0.191. The first-order valence-corrected chi connectivity index (χ1v) is 5.50. The lowest BCUT2D eigenvalue weighted by Gasteiger charge is -2.20. The van der Waals surface area contributed by atoms with Gasteiger partial charge in [-0.1, -0.05) is 18.2 Å². The highest BCUT2D eigenvalue weighted by atomic mass is 19.1. The molecule has 1 unspecified atom stereocenters. The predicted octanol–water partition coefficient (Wildman–Crippen LogP) is 1.92. The van der Waals surface area contributed by atoms with Gasteiger partial charge in [0.1, 0.15) is 5.82 Å². The van der Waals surface area contributed by atoms with Gasteiger partial charge >= 0.3 is 0 Å². The van der Waals surface area contributed by atoms with Gasteiger partial charge in [0.25, 0.3) is 0 Å². The zero-order valence-corrected chi connectivity index (χ0v) is 8.82. The van der Waals surface area contributed by atoms with E-state index in [1.807, 2.05) is 6.07 Å². The van der Waals surface area contributed by atoms with Crippen LogP contribution in [0.1, 0.15) is 24.4 Å². The Balaban J connectivity index is 2.00. The van der Waals surface area contributed by atoms with Crippen molar-refractivity contribution in [3.63, 3.8) is 0 Å². The highest BCUT2D eigenvalue weighted by Crippen LogP contribution is 2.17. The normalized spacial score (nSPS) is 19.3. The molecule has 1 atom stereocenters. The molecular weight excluding hydrogens is 191 g/mol. The molecule has 2 N–H and O–H groups in total. The van der Waals surface area contributed by atoms with E-state index in [-0.39, 0.29) is 11.9 Å². The summed E-state index contributed by atoms with van der Waals surface area (Å²) in [5.41, 5.74) is 6.62. The quantitative estimate of drug-likeness (QED) is 0.822. The summed E-state index contributed by atoms with van der Waals surface area (Å²) in [6.45, 7) is 2.96. The molecule has 0 radical (unpaired) electrons. The highest BCUT2D eigenvalue weighted by Gasteiger charge is 2.17. The molecule has 0 bridgehead atoms. The average molecular weight is 208 g/mol. The van der Waals surface area contributed by atoms with Crippen LogP contribution in [-0.2, 0) is 0 Å². The van der Waals surface area contributed by atoms with E-state index in [1.165, 1.54) is 18.9 Å². The summed E-state index contributed by atoms with van der Waals surface area (Å²) < 4.78 is 13.4. The van der Waals surface area contributed by atoms with Crippen LogP contribution in [0.15, 0.2) is 24.3 Å². The second-order valence-electron chi connectivity index (χ2n) is 4.14. The molecule has 0 saturated carbocycles. The summed E-state index contributed by atoms with van der Waals surface area (Å²) in [6.07, 6.45) is 2.48. The Kier molecular flexibility index (Phi) is 3.34. The van der Waals surface area contributed by atoms with Crippen molar-refractivity contribution in [3.05, 3.63) is 35.6 Å². The summed E-state index contributed by atoms with van der Waals surface area (Å²) >= 11 is 0. The summed E-state index contributed by atoms with van der Waals surface area (Å²) in [7, 11) is 0. The van der Waals surface area contributed by atoms with Crippen molar-refractivity contribution in [1.29, 1.82) is 0 Å². The monoisotopic (exact) mass is 208 g/mol. The van der Waals surface area contributed by atoms with Crippen LogP contribution in [0, 0.1) is 5.82 Å². The van der Waals surface area contributed by atoms with Gasteiger partial charge in [0.05, 0.1) is 0 Å². The lowest BCUT2D eigenvalue weighted by atomic mass is 10.1. The molecule has 3 heteroatoms. The Labute approximate surface area is 89.9 Å². The van der Waals surface area contributed by atoms with Crippen LogP contribution < -0.4 is 5.73 Å². The van der Waals surface area contributed by atoms with Gasteiger partial charge in [-0.05, 0) is 32.0 Å². The molecule has 0 aromatic heterocycles. The largest absolute Gasteiger partial charge is 0.323 e. The fraction of sp³-hybridized carbons (Fsp3) is 0.500. The summed E-state index contributed by atoms with van der Waals surface area (Å²) in [5.74, 6) is -0.191. The Morgan fingerprint density at radius 1 is 1.27 bits per heavy atom. The smallest absolute Gasteiger partial charge is 0.128 e. The number of hydrogen-bond acceptors (Lipinski definition) is 2. The Hall–Kier alpha value is -0.930. The van der Waals surface area contributed by atoms with Crippen molar-refractivity contribution in [3.8, 4) is 0 Å². The molecule has 1 saturated heterocycles. The molecule has 1 aromatic rings. The third-order valence-electron chi connectivity index (χ3n) is 2.96. The first-order chi connectivity index (χ1) is 7.27. The second-order valence-corrected chi connectivity index (χ2v) is 4.14. The molecule has 0 aliphatic carbocycles. The van der Waals surface area contributed by atoms with Crippen LogP contribution in [0.25, 0.3) is 0 Å². The van der Waals surface area contributed by atoms with Gasteiger partial charge in [-0.2, -0.15) is 0 Å². The molecule has 2 nitrogen and oxygen atoms in total. The lowest BCUT2D eigenvalue weighted by Crippen LogP contribution is -2.30. The zero-order chi connectivity index (χ0) is 10.7. The van der Waals surface area contributed by atoms with Gasteiger partial charge in [0.15, 0.2) is 0 Å². The molecule has 1 fully saturated rings. The van der Waals surface area contributed by atoms with E-state index in [1.54, 1.807) is 12.1 Å². The molecule has 2 rings (SSSR count). The fourth-order valence-electron chi connectivity index (χ4n) is 2.12. The second kappa shape index (κ2) is 4.73. The van der Waals surface area contributed by atoms with Crippen LogP contribution >= 0.6 is 0 Å². The third-order valence-corrected chi connectivity index (χ3v) is 2.96. The number of hydrogen-bond donors (Lipinski definition) is 1. The van der Waals surface area contributed by atoms with Crippen LogP contribution in [0.2, 0.25) is 0 Å². The molecule has 0 amide bonds. The summed E-state index contributed by atoms with van der Waals surface area (Å²) in [5, 5.41) is 0. The Morgan fingerprint density at radius 3 is 2.60 bits per heavy atom. The van der Waals surface area contributed by atoms with Gasteiger partial charge in [-0.3, -0.25) is 0 Å². The molecule has 0 spiro atoms. The SMILES string of the molecule is NC(CN1CCCC1)c1ccccc1F. The van der Waals surface area contributed by atoms with Crippen molar-refractivity contribution in [2.45, 2.75) is 18.9 Å². The number of likely N-dealkylation sites (tertiary alicyclic amines) is 1. The highest BCUT2D eigenvalue weighted by molar-refractivity contribution is 5.21. The van der Waals surface area contributed by atoms with Gasteiger partial charge in [0, 0.05) is 18.2 Å². The topological polar surface area (TPSA) is 29.3 Å². The maximum Gasteiger partial charge on any atom is 0.128 e. The molecule has 1 heterocycles. The summed E-state index contributed by atoms with van der Waals surface area (Å²) in [6, 6.07) is 6.57. The molecular formula is C12H17FN2. The van der Waals surface area contributed by atoms with E-state index in [9.17, 15) is 4.39 Å². The number of benzene rings is 1. The maximum absolute atomic E-state index is 13.4. The third kappa shape index (κ3) is 2.55. The van der Waals surface area contributed by atoms with Crippen LogP contribution in [0.4, 0.5) is 4.39 Å². The fourth-order valence-corrected chi connectivity index (χ4v) is 2.12. The van der Waals surface area contributed by atoms with E-state index in [0.29, 0.717) is 5.56 Å². The van der Waals surface area contributed by atoms with Crippen LogP contribution in [0.3, 0.4) is 0 Å². The lowest BCUT2D eigenvalue weighted by molar-refractivity contribution is 0.313. The zero-order valence-electron chi connectivity index (χ0n) is 8.82. The minimum atomic E-state index is -0.204. The van der Waals surface area contributed by atoms with Crippen molar-refractivity contribution in [2.75, 3.05) is 19.6 Å². The first kappa shape index (κ1) is 10.6. The van der Waals surface area contributed by atoms with Crippen LogP contribution in [-0.4, -0.2) is 24.5 Å². The standard InChI is InChI=1S/C12H17FN2/c13-11-6-2-1-5-10(11)12(14)9-15-7-3-4-8-15/h1-2,5-6,12H,3-4,7-9,14H2. The molecule has 15 heavy (non-hydrogen) atoms. The average Bonchev–Trinajstić information content (AvgIpc) is 2.71. The van der Waals surface area contributed by atoms with Gasteiger partial charge in [0.2, 0.25) is 0 Å². The summed E-state index contributed by atoms with van der Waals surface area (Å²) in [4.78, 5) is 2.30. The predicted molar refractivity (Wildman–Crippen MR) is 59.0 cm³/mol. The van der Waals surface area contributed by atoms with E-state index < -0.39 is 0 Å². The van der Waals surface area contributed by atoms with Gasteiger partial charge in [-0.15, -0.1) is 0 Å².